The van der Waals surface area contributed by atoms with Gasteiger partial charge in [-0.1, -0.05) is 37.3 Å². The van der Waals surface area contributed by atoms with Crippen molar-refractivity contribution in [3.8, 4) is 5.75 Å². The predicted molar refractivity (Wildman–Crippen MR) is 98.6 cm³/mol. The second-order valence-corrected chi connectivity index (χ2v) is 5.81. The number of rotatable bonds is 6. The van der Waals surface area contributed by atoms with Crippen LogP contribution in [0.25, 0.3) is 10.8 Å². The summed E-state index contributed by atoms with van der Waals surface area (Å²) in [5.41, 5.74) is 1.05. The molecule has 0 fully saturated rings. The van der Waals surface area contributed by atoms with Crippen molar-refractivity contribution >= 4 is 16.7 Å². The molecular formula is C20H20N2O4. The fourth-order valence-corrected chi connectivity index (χ4v) is 2.67. The van der Waals surface area contributed by atoms with Crippen molar-refractivity contribution in [3.63, 3.8) is 0 Å². The van der Waals surface area contributed by atoms with E-state index >= 15 is 0 Å². The van der Waals surface area contributed by atoms with Gasteiger partial charge >= 0.3 is 5.97 Å². The van der Waals surface area contributed by atoms with Crippen LogP contribution in [0.15, 0.2) is 53.3 Å². The summed E-state index contributed by atoms with van der Waals surface area (Å²) in [6, 6.07) is 14.6. The summed E-state index contributed by atoms with van der Waals surface area (Å²) in [4.78, 5) is 24.5. The van der Waals surface area contributed by atoms with Gasteiger partial charge in [-0.25, -0.2) is 9.48 Å². The van der Waals surface area contributed by atoms with Gasteiger partial charge in [0, 0.05) is 12.4 Å². The van der Waals surface area contributed by atoms with Gasteiger partial charge < -0.3 is 9.47 Å². The van der Waals surface area contributed by atoms with E-state index in [1.165, 1.54) is 12.6 Å². The van der Waals surface area contributed by atoms with E-state index in [1.807, 2.05) is 24.3 Å². The molecule has 0 bridgehead atoms. The molecule has 26 heavy (non-hydrogen) atoms. The van der Waals surface area contributed by atoms with Gasteiger partial charge in [0.1, 0.15) is 19.0 Å². The number of aromatic nitrogens is 2. The number of esters is 1. The van der Waals surface area contributed by atoms with E-state index in [9.17, 15) is 9.59 Å². The lowest BCUT2D eigenvalue weighted by atomic mass is 10.1. The third-order valence-corrected chi connectivity index (χ3v) is 4.04. The maximum atomic E-state index is 12.4. The number of ether oxygens (including phenoxy) is 2. The Kier molecular flexibility index (Phi) is 5.31. The van der Waals surface area contributed by atoms with Gasteiger partial charge in [0.2, 0.25) is 0 Å². The summed E-state index contributed by atoms with van der Waals surface area (Å²) >= 11 is 0. The van der Waals surface area contributed by atoms with E-state index in [0.717, 1.165) is 16.9 Å². The fourth-order valence-electron chi connectivity index (χ4n) is 2.67. The summed E-state index contributed by atoms with van der Waals surface area (Å²) in [5, 5.41) is 4.97. The Bertz CT molecular complexity index is 995. The fraction of sp³-hybridized carbons (Fsp3) is 0.250. The molecule has 0 unspecified atom stereocenters. The second kappa shape index (κ2) is 7.82. The molecule has 3 aromatic rings. The summed E-state index contributed by atoms with van der Waals surface area (Å²) in [6.07, 6.45) is 0.928. The van der Waals surface area contributed by atoms with Gasteiger partial charge in [0.15, 0.2) is 5.69 Å². The highest BCUT2D eigenvalue weighted by Crippen LogP contribution is 2.15. The number of aryl methyl sites for hydroxylation is 2. The van der Waals surface area contributed by atoms with Crippen molar-refractivity contribution in [2.45, 2.75) is 13.3 Å². The lowest BCUT2D eigenvalue weighted by Crippen LogP contribution is -2.24. The molecule has 0 N–H and O–H groups in total. The van der Waals surface area contributed by atoms with Crippen LogP contribution in [0.5, 0.6) is 5.75 Å². The van der Waals surface area contributed by atoms with Crippen LogP contribution >= 0.6 is 0 Å². The van der Waals surface area contributed by atoms with Gasteiger partial charge in [-0.05, 0) is 30.2 Å². The van der Waals surface area contributed by atoms with Crippen LogP contribution in [0.3, 0.4) is 0 Å². The van der Waals surface area contributed by atoms with Crippen molar-refractivity contribution in [1.82, 2.24) is 9.78 Å². The number of carbonyl (C=O) groups is 1. The topological polar surface area (TPSA) is 70.4 Å². The first kappa shape index (κ1) is 17.7. The smallest absolute Gasteiger partial charge is 0.359 e. The molecule has 2 aromatic carbocycles. The van der Waals surface area contributed by atoms with Crippen molar-refractivity contribution < 1.29 is 14.3 Å². The molecule has 0 aliphatic carbocycles. The first-order valence-electron chi connectivity index (χ1n) is 8.45. The average Bonchev–Trinajstić information content (AvgIpc) is 2.68. The number of nitrogens with zero attached hydrogens (tertiary/aromatic N) is 2. The SMILES string of the molecule is CCc1cccc(OCCOC(=O)c2nn(C)c(=O)c3ccccc23)c1. The largest absolute Gasteiger partial charge is 0.490 e. The molecule has 6 heteroatoms. The maximum absolute atomic E-state index is 12.4. The molecule has 6 nitrogen and oxygen atoms in total. The van der Waals surface area contributed by atoms with E-state index in [-0.39, 0.29) is 24.5 Å². The molecule has 3 rings (SSSR count). The molecule has 134 valence electrons. The maximum Gasteiger partial charge on any atom is 0.359 e. The van der Waals surface area contributed by atoms with Crippen LogP contribution in [0.2, 0.25) is 0 Å². The van der Waals surface area contributed by atoms with E-state index < -0.39 is 5.97 Å². The molecule has 0 atom stereocenters. The minimum atomic E-state index is -0.581. The number of hydrogen-bond acceptors (Lipinski definition) is 5. The van der Waals surface area contributed by atoms with Crippen LogP contribution < -0.4 is 10.3 Å². The molecule has 0 radical (unpaired) electrons. The van der Waals surface area contributed by atoms with Gasteiger partial charge in [0.25, 0.3) is 5.56 Å². The Morgan fingerprint density at radius 3 is 2.62 bits per heavy atom. The zero-order chi connectivity index (χ0) is 18.5. The van der Waals surface area contributed by atoms with Gasteiger partial charge in [-0.2, -0.15) is 5.10 Å². The molecular weight excluding hydrogens is 332 g/mol. The third kappa shape index (κ3) is 3.74. The van der Waals surface area contributed by atoms with Crippen molar-refractivity contribution in [1.29, 1.82) is 0 Å². The quantitative estimate of drug-likeness (QED) is 0.504. The van der Waals surface area contributed by atoms with Gasteiger partial charge in [-0.15, -0.1) is 0 Å². The molecule has 0 spiro atoms. The van der Waals surface area contributed by atoms with E-state index in [2.05, 4.69) is 12.0 Å². The molecule has 0 aliphatic rings. The van der Waals surface area contributed by atoms with Crippen LogP contribution in [-0.2, 0) is 18.2 Å². The van der Waals surface area contributed by atoms with Crippen molar-refractivity contribution in [2.24, 2.45) is 7.05 Å². The highest BCUT2D eigenvalue weighted by molar-refractivity contribution is 6.02. The minimum Gasteiger partial charge on any atom is -0.490 e. The zero-order valence-corrected chi connectivity index (χ0v) is 14.8. The third-order valence-electron chi connectivity index (χ3n) is 4.04. The Morgan fingerprint density at radius 1 is 1.08 bits per heavy atom. The normalized spacial score (nSPS) is 10.7. The Labute approximate surface area is 151 Å². The molecule has 0 aliphatic heterocycles. The van der Waals surface area contributed by atoms with E-state index in [1.54, 1.807) is 24.3 Å². The van der Waals surface area contributed by atoms with Crippen LogP contribution in [0.4, 0.5) is 0 Å². The zero-order valence-electron chi connectivity index (χ0n) is 14.8. The Hall–Kier alpha value is -3.15. The number of fused-ring (bicyclic) bond motifs is 1. The summed E-state index contributed by atoms with van der Waals surface area (Å²) in [6.45, 7) is 2.40. The van der Waals surface area contributed by atoms with Crippen LogP contribution in [0, 0.1) is 0 Å². The molecule has 1 heterocycles. The Balaban J connectivity index is 1.66. The van der Waals surface area contributed by atoms with Crippen molar-refractivity contribution in [3.05, 3.63) is 70.1 Å². The Morgan fingerprint density at radius 2 is 1.85 bits per heavy atom. The summed E-state index contributed by atoms with van der Waals surface area (Å²) < 4.78 is 12.0. The second-order valence-electron chi connectivity index (χ2n) is 5.81. The monoisotopic (exact) mass is 352 g/mol. The molecule has 1 aromatic heterocycles. The van der Waals surface area contributed by atoms with Gasteiger partial charge in [0.05, 0.1) is 5.39 Å². The van der Waals surface area contributed by atoms with E-state index in [0.29, 0.717) is 10.8 Å². The average molecular weight is 352 g/mol. The van der Waals surface area contributed by atoms with Crippen LogP contribution in [-0.4, -0.2) is 29.0 Å². The summed E-state index contributed by atoms with van der Waals surface area (Å²) in [5.74, 6) is 0.161. The van der Waals surface area contributed by atoms with Crippen molar-refractivity contribution in [2.75, 3.05) is 13.2 Å². The first-order chi connectivity index (χ1) is 12.6. The summed E-state index contributed by atoms with van der Waals surface area (Å²) in [7, 11) is 1.51. The number of hydrogen-bond donors (Lipinski definition) is 0. The standard InChI is InChI=1S/C20H20N2O4/c1-3-14-7-6-8-15(13-14)25-11-12-26-20(24)18-16-9-4-5-10-17(16)19(23)22(2)21-18/h4-10,13H,3,11-12H2,1-2H3. The molecule has 0 saturated carbocycles. The lowest BCUT2D eigenvalue weighted by Gasteiger charge is -2.10. The number of carbonyl (C=O) groups excluding carboxylic acids is 1. The van der Waals surface area contributed by atoms with Gasteiger partial charge in [-0.3, -0.25) is 4.79 Å². The van der Waals surface area contributed by atoms with Crippen LogP contribution in [0.1, 0.15) is 23.0 Å². The molecule has 0 saturated heterocycles. The highest BCUT2D eigenvalue weighted by Gasteiger charge is 2.16. The van der Waals surface area contributed by atoms with E-state index in [4.69, 9.17) is 9.47 Å². The first-order valence-corrected chi connectivity index (χ1v) is 8.45. The lowest BCUT2D eigenvalue weighted by molar-refractivity contribution is 0.0443. The molecule has 0 amide bonds. The minimum absolute atomic E-state index is 0.0913. The predicted octanol–water partition coefficient (Wildman–Crippen LogP) is 2.73. The number of benzene rings is 2. The highest BCUT2D eigenvalue weighted by atomic mass is 16.6.